The summed E-state index contributed by atoms with van der Waals surface area (Å²) in [5, 5.41) is 0.173. The van der Waals surface area contributed by atoms with Crippen LogP contribution in [0.1, 0.15) is 73.4 Å². The maximum Gasteiger partial charge on any atom is 0.362 e. The van der Waals surface area contributed by atoms with Crippen LogP contribution in [0.3, 0.4) is 0 Å². The summed E-state index contributed by atoms with van der Waals surface area (Å²) in [6.45, 7) is 8.42. The van der Waals surface area contributed by atoms with Gasteiger partial charge in [-0.3, -0.25) is 4.79 Å². The van der Waals surface area contributed by atoms with E-state index in [1.165, 1.54) is 10.1 Å². The molecule has 4 N–H and O–H groups in total. The molecule has 8 nitrogen and oxygen atoms in total. The number of nitrogen functional groups attached to an aromatic ring is 1. The Bertz CT molecular complexity index is 1640. The highest BCUT2D eigenvalue weighted by molar-refractivity contribution is 6.15. The van der Waals surface area contributed by atoms with E-state index in [4.69, 9.17) is 20.3 Å². The molecule has 0 bridgehead atoms. The molecule has 0 spiro atoms. The summed E-state index contributed by atoms with van der Waals surface area (Å²) in [7, 11) is 0. The van der Waals surface area contributed by atoms with E-state index < -0.39 is 17.5 Å². The zero-order valence-electron chi connectivity index (χ0n) is 20.6. The Labute approximate surface area is 207 Å². The Balaban J connectivity index is 1.79. The molecule has 1 aliphatic rings. The molecule has 0 saturated carbocycles. The van der Waals surface area contributed by atoms with Crippen LogP contribution < -0.4 is 28.0 Å². The summed E-state index contributed by atoms with van der Waals surface area (Å²) < 4.78 is 12.8. The Hall–Kier alpha value is -4.33. The number of nitrogens with zero attached hydrogens (tertiary/aromatic N) is 2. The first kappa shape index (κ1) is 23.4. The zero-order valence-corrected chi connectivity index (χ0v) is 20.6. The minimum atomic E-state index is -0.726. The summed E-state index contributed by atoms with van der Waals surface area (Å²) in [5.41, 5.74) is 15.6. The van der Waals surface area contributed by atoms with Crippen molar-refractivity contribution in [3.05, 3.63) is 97.8 Å². The van der Waals surface area contributed by atoms with Crippen LogP contribution in [0.4, 0.5) is 6.01 Å². The van der Waals surface area contributed by atoms with Crippen LogP contribution in [0.25, 0.3) is 17.5 Å². The Morgan fingerprint density at radius 2 is 1.56 bits per heavy atom. The van der Waals surface area contributed by atoms with Crippen molar-refractivity contribution in [2.75, 3.05) is 5.73 Å². The number of oxazole rings is 2. The molecule has 0 aliphatic carbocycles. The van der Waals surface area contributed by atoms with Gasteiger partial charge in [-0.1, -0.05) is 76.2 Å². The third-order valence-electron chi connectivity index (χ3n) is 6.60. The van der Waals surface area contributed by atoms with Crippen molar-refractivity contribution in [3.8, 4) is 5.88 Å². The number of carbonyl (C=O) groups excluding carboxylic acids is 1. The van der Waals surface area contributed by atoms with E-state index in [1.807, 2.05) is 48.5 Å². The van der Waals surface area contributed by atoms with Crippen molar-refractivity contribution >= 4 is 23.6 Å². The number of benzene rings is 2. The van der Waals surface area contributed by atoms with Crippen LogP contribution in [-0.4, -0.2) is 15.5 Å². The van der Waals surface area contributed by atoms with Crippen molar-refractivity contribution in [1.82, 2.24) is 9.55 Å². The number of aromatic nitrogens is 2. The fraction of sp³-hybridized carbons (Fsp3) is 0.250. The maximum atomic E-state index is 13.1. The number of hydrogen-bond acceptors (Lipinski definition) is 6. The van der Waals surface area contributed by atoms with Crippen molar-refractivity contribution < 1.29 is 13.6 Å². The molecule has 36 heavy (non-hydrogen) atoms. The molecule has 1 aliphatic heterocycles. The average Bonchev–Trinajstić information content (AvgIpc) is 3.37. The summed E-state index contributed by atoms with van der Waals surface area (Å²) in [5.74, 6) is -0.490. The Kier molecular flexibility index (Phi) is 5.67. The second-order valence-corrected chi connectivity index (χ2v) is 9.66. The first-order valence-corrected chi connectivity index (χ1v) is 11.9. The van der Waals surface area contributed by atoms with Gasteiger partial charge in [0.05, 0.1) is 11.5 Å². The van der Waals surface area contributed by atoms with Gasteiger partial charge in [-0.15, -0.1) is 0 Å². The molecule has 184 valence electrons. The third-order valence-corrected chi connectivity index (χ3v) is 6.60. The van der Waals surface area contributed by atoms with Crippen LogP contribution >= 0.6 is 0 Å². The lowest BCUT2D eigenvalue weighted by Crippen LogP contribution is -2.38. The number of fused-ring (bicyclic) bond motifs is 3. The van der Waals surface area contributed by atoms with Crippen molar-refractivity contribution in [2.45, 2.75) is 45.4 Å². The predicted molar refractivity (Wildman–Crippen MR) is 137 cm³/mol. The average molecular weight is 485 g/mol. The van der Waals surface area contributed by atoms with Crippen LogP contribution in [0, 0.1) is 0 Å². The first-order chi connectivity index (χ1) is 17.2. The van der Waals surface area contributed by atoms with Gasteiger partial charge >= 0.3 is 5.63 Å². The summed E-state index contributed by atoms with van der Waals surface area (Å²) in [6, 6.07) is 15.6. The van der Waals surface area contributed by atoms with Crippen LogP contribution in [0.15, 0.2) is 62.2 Å². The standard InChI is InChI=1S/C28H28N4O4/c1-14(2)17-7-5-16(6-8-17)13-20-27(34)35-25-22(24(29)33)21(19-11-9-18(10-12-19)15(3)4)23-26(32(20)25)36-28(30)31-23/h5-15,21H,1-4H3,(H2,29,33)(H2,30,31)/b20-13+/t21-/m0/s1. The van der Waals surface area contributed by atoms with E-state index in [0.29, 0.717) is 17.5 Å². The van der Waals surface area contributed by atoms with E-state index in [2.05, 4.69) is 32.7 Å². The van der Waals surface area contributed by atoms with Gasteiger partial charge in [0, 0.05) is 0 Å². The second-order valence-electron chi connectivity index (χ2n) is 9.66. The van der Waals surface area contributed by atoms with Crippen LogP contribution in [-0.2, 0) is 4.79 Å². The topological polar surface area (TPSA) is 130 Å². The molecule has 1 atom stereocenters. The molecule has 5 rings (SSSR count). The SMILES string of the molecule is CC(C)c1ccc(/C=c2\c(=O)oc3n2-c2oc(N)nc2[C@@H](c2ccc(C(C)C)cc2)C=3C(N)=O)cc1. The minimum absolute atomic E-state index is 0.0131. The highest BCUT2D eigenvalue weighted by Crippen LogP contribution is 2.38. The number of primary amides is 1. The van der Waals surface area contributed by atoms with E-state index in [1.54, 1.807) is 6.08 Å². The van der Waals surface area contributed by atoms with E-state index in [0.717, 1.165) is 16.7 Å². The number of rotatable bonds is 5. The van der Waals surface area contributed by atoms with Crippen LogP contribution in [0.5, 0.6) is 0 Å². The van der Waals surface area contributed by atoms with Gasteiger partial charge in [0.2, 0.25) is 11.4 Å². The lowest BCUT2D eigenvalue weighted by Gasteiger charge is -2.21. The maximum absolute atomic E-state index is 13.1. The normalized spacial score (nSPS) is 15.4. The number of anilines is 1. The predicted octanol–water partition coefficient (Wildman–Crippen LogP) is 2.86. The molecule has 1 amide bonds. The van der Waals surface area contributed by atoms with Gasteiger partial charge in [-0.2, -0.15) is 4.98 Å². The summed E-state index contributed by atoms with van der Waals surface area (Å²) in [4.78, 5) is 30.2. The van der Waals surface area contributed by atoms with Gasteiger partial charge in [0.1, 0.15) is 11.0 Å². The largest absolute Gasteiger partial charge is 0.406 e. The fourth-order valence-corrected chi connectivity index (χ4v) is 4.62. The summed E-state index contributed by atoms with van der Waals surface area (Å²) in [6.07, 6.45) is 1.68. The van der Waals surface area contributed by atoms with Gasteiger partial charge in [0.15, 0.2) is 0 Å². The minimum Gasteiger partial charge on any atom is -0.406 e. The monoisotopic (exact) mass is 484 g/mol. The molecule has 0 fully saturated rings. The van der Waals surface area contributed by atoms with E-state index in [9.17, 15) is 9.59 Å². The Morgan fingerprint density at radius 1 is 0.972 bits per heavy atom. The lowest BCUT2D eigenvalue weighted by molar-refractivity contribution is -0.113. The van der Waals surface area contributed by atoms with Gasteiger partial charge in [-0.05, 0) is 40.2 Å². The van der Waals surface area contributed by atoms with E-state index in [-0.39, 0.29) is 28.4 Å². The molecule has 0 unspecified atom stereocenters. The molecule has 8 heteroatoms. The van der Waals surface area contributed by atoms with Crippen molar-refractivity contribution in [1.29, 1.82) is 0 Å². The van der Waals surface area contributed by atoms with Crippen molar-refractivity contribution in [3.63, 3.8) is 0 Å². The first-order valence-electron chi connectivity index (χ1n) is 11.9. The molecule has 4 aromatic rings. The molecule has 0 radical (unpaired) electrons. The number of nitrogens with two attached hydrogens (primary N) is 2. The molecular formula is C28H28N4O4. The zero-order chi connectivity index (χ0) is 25.7. The molecule has 3 heterocycles. The lowest BCUT2D eigenvalue weighted by atomic mass is 9.85. The molecule has 2 aromatic carbocycles. The Morgan fingerprint density at radius 3 is 2.11 bits per heavy atom. The summed E-state index contributed by atoms with van der Waals surface area (Å²) >= 11 is 0. The fourth-order valence-electron chi connectivity index (χ4n) is 4.62. The van der Waals surface area contributed by atoms with Gasteiger partial charge < -0.3 is 20.3 Å². The van der Waals surface area contributed by atoms with Gasteiger partial charge in [0.25, 0.3) is 11.9 Å². The highest BCUT2D eigenvalue weighted by Gasteiger charge is 2.38. The quantitative estimate of drug-likeness (QED) is 0.448. The smallest absolute Gasteiger partial charge is 0.362 e. The van der Waals surface area contributed by atoms with E-state index >= 15 is 0 Å². The number of hydrogen-bond donors (Lipinski definition) is 2. The highest BCUT2D eigenvalue weighted by atomic mass is 16.4. The van der Waals surface area contributed by atoms with Gasteiger partial charge in [-0.25, -0.2) is 9.36 Å². The third kappa shape index (κ3) is 3.84. The second kappa shape index (κ2) is 8.71. The molecule has 2 aromatic heterocycles. The van der Waals surface area contributed by atoms with Crippen molar-refractivity contribution in [2.24, 2.45) is 5.73 Å². The van der Waals surface area contributed by atoms with Crippen LogP contribution in [0.2, 0.25) is 0 Å². The number of amides is 1. The molecule has 0 saturated heterocycles. The molecular weight excluding hydrogens is 456 g/mol. The number of carbonyl (C=O) groups is 1.